The fourth-order valence-electron chi connectivity index (χ4n) is 4.50. The van der Waals surface area contributed by atoms with E-state index in [-0.39, 0.29) is 17.3 Å². The Hall–Kier alpha value is -3.65. The second-order valence-electron chi connectivity index (χ2n) is 9.48. The maximum Gasteiger partial charge on any atom is 0.264 e. The van der Waals surface area contributed by atoms with Gasteiger partial charge in [0.1, 0.15) is 12.6 Å². The molecule has 0 heterocycles. The third-order valence-corrected chi connectivity index (χ3v) is 8.40. The van der Waals surface area contributed by atoms with Crippen LogP contribution in [0.3, 0.4) is 0 Å². The molecule has 38 heavy (non-hydrogen) atoms. The third-order valence-electron chi connectivity index (χ3n) is 6.63. The minimum absolute atomic E-state index is 0.102. The summed E-state index contributed by atoms with van der Waals surface area (Å²) in [5.41, 5.74) is 4.11. The predicted molar refractivity (Wildman–Crippen MR) is 152 cm³/mol. The van der Waals surface area contributed by atoms with Gasteiger partial charge in [0.2, 0.25) is 11.8 Å². The molecular formula is C30H37N3O4S. The lowest BCUT2D eigenvalue weighted by molar-refractivity contribution is -0.139. The van der Waals surface area contributed by atoms with Crippen LogP contribution < -0.4 is 9.62 Å². The lowest BCUT2D eigenvalue weighted by Crippen LogP contribution is -2.52. The number of amides is 2. The van der Waals surface area contributed by atoms with Crippen LogP contribution in [0.2, 0.25) is 0 Å². The molecule has 0 aliphatic rings. The summed E-state index contributed by atoms with van der Waals surface area (Å²) in [6.07, 6.45) is 0.933. The third kappa shape index (κ3) is 6.81. The van der Waals surface area contributed by atoms with E-state index < -0.39 is 28.5 Å². The summed E-state index contributed by atoms with van der Waals surface area (Å²) in [5, 5.41) is 2.65. The van der Waals surface area contributed by atoms with Gasteiger partial charge in [-0.15, -0.1) is 0 Å². The molecule has 0 bridgehead atoms. The fourth-order valence-corrected chi connectivity index (χ4v) is 5.98. The number of sulfonamides is 1. The Bertz CT molecular complexity index is 1360. The first-order valence-electron chi connectivity index (χ1n) is 12.8. The van der Waals surface area contributed by atoms with Crippen LogP contribution >= 0.6 is 0 Å². The number of aryl methyl sites for hydroxylation is 3. The van der Waals surface area contributed by atoms with E-state index in [2.05, 4.69) is 5.32 Å². The number of carbonyl (C=O) groups is 2. The molecule has 2 amide bonds. The van der Waals surface area contributed by atoms with E-state index in [1.165, 1.54) is 16.3 Å². The van der Waals surface area contributed by atoms with Gasteiger partial charge in [-0.2, -0.15) is 0 Å². The molecular weight excluding hydrogens is 498 g/mol. The van der Waals surface area contributed by atoms with Crippen molar-refractivity contribution >= 4 is 27.5 Å². The second-order valence-corrected chi connectivity index (χ2v) is 11.3. The summed E-state index contributed by atoms with van der Waals surface area (Å²) in [5.74, 6) is -0.722. The highest BCUT2D eigenvalue weighted by atomic mass is 32.2. The topological polar surface area (TPSA) is 86.8 Å². The quantitative estimate of drug-likeness (QED) is 0.394. The van der Waals surface area contributed by atoms with Gasteiger partial charge in [0.25, 0.3) is 10.0 Å². The van der Waals surface area contributed by atoms with E-state index >= 15 is 0 Å². The number of likely N-dealkylation sites (N-methyl/N-ethyl adjacent to an activating group) is 1. The van der Waals surface area contributed by atoms with Crippen LogP contribution in [-0.2, 0) is 26.0 Å². The van der Waals surface area contributed by atoms with Gasteiger partial charge in [-0.1, -0.05) is 72.6 Å². The normalized spacial score (nSPS) is 12.0. The Balaban J connectivity index is 2.04. The van der Waals surface area contributed by atoms with E-state index in [0.29, 0.717) is 18.5 Å². The molecule has 0 radical (unpaired) electrons. The molecule has 8 heteroatoms. The summed E-state index contributed by atoms with van der Waals surface area (Å²) < 4.78 is 29.0. The highest BCUT2D eigenvalue weighted by Gasteiger charge is 2.33. The van der Waals surface area contributed by atoms with Gasteiger partial charge in [-0.3, -0.25) is 13.9 Å². The standard InChI is InChI=1S/C30H37N3O4S/c1-6-27(30(35)31-5)32(19-18-25-10-8-7-9-11-25)29(34)21-33(28-17-14-23(3)20-24(28)4)38(36,37)26-15-12-22(2)13-16-26/h7-17,20,27H,6,18-19,21H2,1-5H3,(H,31,35). The van der Waals surface area contributed by atoms with Crippen molar-refractivity contribution < 1.29 is 18.0 Å². The summed E-state index contributed by atoms with van der Waals surface area (Å²) in [4.78, 5) is 28.3. The number of benzene rings is 3. The van der Waals surface area contributed by atoms with Gasteiger partial charge in [0.15, 0.2) is 0 Å². The number of nitrogens with zero attached hydrogens (tertiary/aromatic N) is 2. The van der Waals surface area contributed by atoms with Gasteiger partial charge in [0.05, 0.1) is 10.6 Å². The molecule has 202 valence electrons. The van der Waals surface area contributed by atoms with Crippen molar-refractivity contribution in [1.82, 2.24) is 10.2 Å². The van der Waals surface area contributed by atoms with E-state index in [9.17, 15) is 18.0 Å². The second kappa shape index (κ2) is 12.7. The molecule has 0 fully saturated rings. The first-order valence-corrected chi connectivity index (χ1v) is 14.2. The average Bonchev–Trinajstić information content (AvgIpc) is 2.90. The van der Waals surface area contributed by atoms with Crippen molar-refractivity contribution in [3.05, 3.63) is 95.1 Å². The van der Waals surface area contributed by atoms with Crippen LogP contribution in [0.1, 0.15) is 35.6 Å². The maximum atomic E-state index is 13.9. The van der Waals surface area contributed by atoms with Crippen LogP contribution in [0.4, 0.5) is 5.69 Å². The summed E-state index contributed by atoms with van der Waals surface area (Å²) in [6.45, 7) is 7.34. The van der Waals surface area contributed by atoms with Crippen molar-refractivity contribution in [3.63, 3.8) is 0 Å². The fraction of sp³-hybridized carbons (Fsp3) is 0.333. The van der Waals surface area contributed by atoms with Gasteiger partial charge in [-0.25, -0.2) is 8.42 Å². The summed E-state index contributed by atoms with van der Waals surface area (Å²) >= 11 is 0. The number of hydrogen-bond donors (Lipinski definition) is 1. The Labute approximate surface area is 226 Å². The Morgan fingerprint density at radius 1 is 0.895 bits per heavy atom. The molecule has 7 nitrogen and oxygen atoms in total. The molecule has 3 aromatic carbocycles. The lowest BCUT2D eigenvalue weighted by atomic mass is 10.1. The molecule has 0 saturated heterocycles. The first-order chi connectivity index (χ1) is 18.1. The highest BCUT2D eigenvalue weighted by Crippen LogP contribution is 2.28. The van der Waals surface area contributed by atoms with Crippen LogP contribution in [0.5, 0.6) is 0 Å². The zero-order valence-electron chi connectivity index (χ0n) is 22.8. The largest absolute Gasteiger partial charge is 0.357 e. The number of nitrogens with one attached hydrogen (secondary N) is 1. The summed E-state index contributed by atoms with van der Waals surface area (Å²) in [6, 6.07) is 21.0. The SMILES string of the molecule is CCC(C(=O)NC)N(CCc1ccccc1)C(=O)CN(c1ccc(C)cc1C)S(=O)(=O)c1ccc(C)cc1. The molecule has 1 atom stereocenters. The minimum Gasteiger partial charge on any atom is -0.357 e. The van der Waals surface area contributed by atoms with E-state index in [1.54, 1.807) is 30.3 Å². The van der Waals surface area contributed by atoms with E-state index in [1.807, 2.05) is 70.2 Å². The zero-order chi connectivity index (χ0) is 27.9. The average molecular weight is 536 g/mol. The smallest absolute Gasteiger partial charge is 0.264 e. The Morgan fingerprint density at radius 3 is 2.11 bits per heavy atom. The van der Waals surface area contributed by atoms with Crippen molar-refractivity contribution in [1.29, 1.82) is 0 Å². The van der Waals surface area contributed by atoms with Crippen LogP contribution in [0, 0.1) is 20.8 Å². The van der Waals surface area contributed by atoms with Crippen molar-refractivity contribution in [2.45, 2.75) is 51.5 Å². The van der Waals surface area contributed by atoms with E-state index in [4.69, 9.17) is 0 Å². The zero-order valence-corrected chi connectivity index (χ0v) is 23.6. The maximum absolute atomic E-state index is 13.9. The molecule has 1 N–H and O–H groups in total. The highest BCUT2D eigenvalue weighted by molar-refractivity contribution is 7.92. The van der Waals surface area contributed by atoms with Gasteiger partial charge in [-0.05, 0) is 62.9 Å². The van der Waals surface area contributed by atoms with Gasteiger partial charge >= 0.3 is 0 Å². The van der Waals surface area contributed by atoms with Gasteiger partial charge in [0, 0.05) is 13.6 Å². The number of rotatable bonds is 11. The Kier molecular flexibility index (Phi) is 9.69. The number of hydrogen-bond acceptors (Lipinski definition) is 4. The molecule has 3 aromatic rings. The minimum atomic E-state index is -4.07. The Morgan fingerprint density at radius 2 is 1.53 bits per heavy atom. The van der Waals surface area contributed by atoms with Gasteiger partial charge < -0.3 is 10.2 Å². The van der Waals surface area contributed by atoms with Crippen molar-refractivity contribution in [2.24, 2.45) is 0 Å². The van der Waals surface area contributed by atoms with E-state index in [0.717, 1.165) is 22.3 Å². The number of carbonyl (C=O) groups excluding carboxylic acids is 2. The molecule has 0 spiro atoms. The molecule has 0 aliphatic carbocycles. The number of anilines is 1. The molecule has 3 rings (SSSR count). The van der Waals surface area contributed by atoms with Crippen LogP contribution in [0.25, 0.3) is 0 Å². The monoisotopic (exact) mass is 535 g/mol. The summed E-state index contributed by atoms with van der Waals surface area (Å²) in [7, 11) is -2.54. The predicted octanol–water partition coefficient (Wildman–Crippen LogP) is 4.40. The lowest BCUT2D eigenvalue weighted by Gasteiger charge is -2.33. The van der Waals surface area contributed by atoms with Crippen molar-refractivity contribution in [2.75, 3.05) is 24.4 Å². The molecule has 0 saturated carbocycles. The molecule has 0 aromatic heterocycles. The van der Waals surface area contributed by atoms with Crippen LogP contribution in [-0.4, -0.2) is 51.3 Å². The van der Waals surface area contributed by atoms with Crippen molar-refractivity contribution in [3.8, 4) is 0 Å². The first kappa shape index (κ1) is 28.9. The van der Waals surface area contributed by atoms with Crippen LogP contribution in [0.15, 0.2) is 77.7 Å². The molecule has 1 unspecified atom stereocenters. The molecule has 0 aliphatic heterocycles.